The molecule has 3 aromatic rings. The number of amides is 1. The van der Waals surface area contributed by atoms with E-state index in [1.807, 2.05) is 0 Å². The number of hydrogen-bond donors (Lipinski definition) is 1. The Kier molecular flexibility index (Phi) is 8.22. The number of sulfonamides is 1. The van der Waals surface area contributed by atoms with E-state index in [4.69, 9.17) is 11.6 Å². The van der Waals surface area contributed by atoms with E-state index >= 15 is 0 Å². The highest BCUT2D eigenvalue weighted by molar-refractivity contribution is 7.90. The van der Waals surface area contributed by atoms with Crippen LogP contribution in [0.15, 0.2) is 58.1 Å². The van der Waals surface area contributed by atoms with Crippen LogP contribution in [0, 0.1) is 0 Å². The minimum atomic E-state index is -5.31. The average molecular weight is 564 g/mol. The predicted octanol–water partition coefficient (Wildman–Crippen LogP) is 5.08. The Morgan fingerprint density at radius 3 is 2.46 bits per heavy atom. The number of aromatic nitrogens is 2. The third-order valence-electron chi connectivity index (χ3n) is 4.81. The Bertz CT molecular complexity index is 1440. The number of carbonyl (C=O) groups is 1. The fourth-order valence-corrected chi connectivity index (χ4v) is 4.83. The van der Waals surface area contributed by atoms with Gasteiger partial charge in [-0.25, -0.2) is 4.68 Å². The smallest absolute Gasteiger partial charge is 0.368 e. The van der Waals surface area contributed by atoms with Crippen LogP contribution in [0.25, 0.3) is 11.1 Å². The number of halogens is 6. The molecule has 0 aliphatic carbocycles. The van der Waals surface area contributed by atoms with Gasteiger partial charge in [0, 0.05) is 36.4 Å². The molecule has 0 atom stereocenters. The molecular weight excluding hydrogens is 545 g/mol. The number of nitrogens with zero attached hydrogens (tertiary/aromatic N) is 4. The highest BCUT2D eigenvalue weighted by Gasteiger charge is 2.42. The van der Waals surface area contributed by atoms with Crippen LogP contribution in [-0.4, -0.2) is 49.4 Å². The number of rotatable bonds is 8. The first-order valence-corrected chi connectivity index (χ1v) is 12.1. The molecular formula is C22H19ClF5N5O3S. The van der Waals surface area contributed by atoms with Crippen molar-refractivity contribution in [3.8, 4) is 11.1 Å². The molecule has 0 aliphatic rings. The lowest BCUT2D eigenvalue weighted by Crippen LogP contribution is -2.21. The quantitative estimate of drug-likeness (QED) is 0.234. The second kappa shape index (κ2) is 10.8. The van der Waals surface area contributed by atoms with E-state index in [0.717, 1.165) is 24.7 Å². The summed E-state index contributed by atoms with van der Waals surface area (Å²) in [5.41, 5.74) is -3.18. The number of benzene rings is 2. The van der Waals surface area contributed by atoms with Crippen molar-refractivity contribution >= 4 is 39.6 Å². The summed E-state index contributed by atoms with van der Waals surface area (Å²) in [6, 6.07) is 7.96. The number of nitrogens with one attached hydrogen (secondary N) is 1. The van der Waals surface area contributed by atoms with Crippen molar-refractivity contribution in [2.75, 3.05) is 19.4 Å². The van der Waals surface area contributed by atoms with Crippen LogP contribution < -0.4 is 5.32 Å². The molecule has 1 N–H and O–H groups in total. The molecule has 0 radical (unpaired) electrons. The largest absolute Gasteiger partial charge is 0.419 e. The molecule has 15 heteroatoms. The lowest BCUT2D eigenvalue weighted by Gasteiger charge is -2.20. The molecule has 0 fully saturated rings. The molecule has 2 aromatic carbocycles. The average Bonchev–Trinajstić information content (AvgIpc) is 3.29. The van der Waals surface area contributed by atoms with Gasteiger partial charge in [0.2, 0.25) is 5.91 Å². The first kappa shape index (κ1) is 28.1. The normalized spacial score (nSPS) is 12.4. The van der Waals surface area contributed by atoms with Crippen molar-refractivity contribution in [3.05, 3.63) is 64.9 Å². The topological polar surface area (TPSA) is 96.7 Å². The maximum absolute atomic E-state index is 14.4. The number of anilines is 1. The predicted molar refractivity (Wildman–Crippen MR) is 127 cm³/mol. The zero-order valence-electron chi connectivity index (χ0n) is 19.2. The minimum absolute atomic E-state index is 0.154. The number of carbonyl (C=O) groups excluding carboxylic acids is 1. The van der Waals surface area contributed by atoms with E-state index < -0.39 is 56.8 Å². The van der Waals surface area contributed by atoms with Crippen molar-refractivity contribution in [2.45, 2.75) is 24.0 Å². The standard InChI is InChI=1S/C22H19ClF5N5O3S/c1-32(2)12-30-37(35,36)20-15(14-10-29-33(11-14)21(24)25)7-8-17(19(20)22(26,27)28)31-18(34)9-13-5-3-4-6-16(13)23/h3-8,10-12,21H,9H2,1-2H3,(H,31,34). The fraction of sp³-hybridized carbons (Fsp3) is 0.227. The Morgan fingerprint density at radius 2 is 1.89 bits per heavy atom. The van der Waals surface area contributed by atoms with E-state index in [1.165, 1.54) is 31.1 Å². The summed E-state index contributed by atoms with van der Waals surface area (Å²) in [6.07, 6.45) is -3.44. The van der Waals surface area contributed by atoms with E-state index in [9.17, 15) is 35.2 Å². The second-order valence-corrected chi connectivity index (χ2v) is 9.80. The molecule has 0 unspecified atom stereocenters. The molecule has 0 saturated carbocycles. The van der Waals surface area contributed by atoms with Crippen molar-refractivity contribution < 1.29 is 35.2 Å². The van der Waals surface area contributed by atoms with Gasteiger partial charge < -0.3 is 10.2 Å². The van der Waals surface area contributed by atoms with Crippen molar-refractivity contribution in [1.29, 1.82) is 0 Å². The lowest BCUT2D eigenvalue weighted by molar-refractivity contribution is -0.139. The van der Waals surface area contributed by atoms with Crippen LogP contribution in [0.5, 0.6) is 0 Å². The van der Waals surface area contributed by atoms with E-state index in [1.54, 1.807) is 12.1 Å². The van der Waals surface area contributed by atoms with Crippen molar-refractivity contribution in [1.82, 2.24) is 14.7 Å². The number of alkyl halides is 5. The molecule has 8 nitrogen and oxygen atoms in total. The minimum Gasteiger partial charge on any atom is -0.368 e. The highest BCUT2D eigenvalue weighted by Crippen LogP contribution is 2.44. The molecule has 1 heterocycles. The van der Waals surface area contributed by atoms with Gasteiger partial charge in [-0.1, -0.05) is 35.9 Å². The van der Waals surface area contributed by atoms with Gasteiger partial charge >= 0.3 is 12.7 Å². The van der Waals surface area contributed by atoms with E-state index in [-0.39, 0.29) is 15.3 Å². The summed E-state index contributed by atoms with van der Waals surface area (Å²) in [6.45, 7) is -3.12. The Balaban J connectivity index is 2.22. The third-order valence-corrected chi connectivity index (χ3v) is 6.49. The summed E-state index contributed by atoms with van der Waals surface area (Å²) in [5, 5.41) is 5.67. The van der Waals surface area contributed by atoms with E-state index in [2.05, 4.69) is 14.8 Å². The third kappa shape index (κ3) is 6.63. The van der Waals surface area contributed by atoms with Gasteiger partial charge in [0.25, 0.3) is 10.0 Å². The van der Waals surface area contributed by atoms with Gasteiger partial charge in [0.05, 0.1) is 18.3 Å². The summed E-state index contributed by atoms with van der Waals surface area (Å²) < 4.78 is 98.8. The number of hydrogen-bond acceptors (Lipinski definition) is 4. The summed E-state index contributed by atoms with van der Waals surface area (Å²) in [5.74, 6) is -0.906. The first-order valence-electron chi connectivity index (χ1n) is 10.3. The molecule has 0 spiro atoms. The molecule has 1 amide bonds. The maximum Gasteiger partial charge on any atom is 0.419 e. The fourth-order valence-electron chi connectivity index (χ4n) is 3.27. The molecule has 0 saturated heterocycles. The van der Waals surface area contributed by atoms with Crippen LogP contribution in [0.4, 0.5) is 27.6 Å². The zero-order chi connectivity index (χ0) is 27.5. The Morgan fingerprint density at radius 1 is 1.22 bits per heavy atom. The lowest BCUT2D eigenvalue weighted by atomic mass is 10.0. The Hall–Kier alpha value is -3.52. The molecule has 3 rings (SSSR count). The van der Waals surface area contributed by atoms with Gasteiger partial charge in [-0.15, -0.1) is 4.40 Å². The maximum atomic E-state index is 14.4. The molecule has 198 valence electrons. The summed E-state index contributed by atoms with van der Waals surface area (Å²) in [4.78, 5) is 12.4. The van der Waals surface area contributed by atoms with Crippen LogP contribution in [0.3, 0.4) is 0 Å². The monoisotopic (exact) mass is 563 g/mol. The highest BCUT2D eigenvalue weighted by atomic mass is 35.5. The van der Waals surface area contributed by atoms with Gasteiger partial charge in [0.15, 0.2) is 0 Å². The SMILES string of the molecule is CN(C)C=NS(=O)(=O)c1c(-c2cnn(C(F)F)c2)ccc(NC(=O)Cc2ccccc2Cl)c1C(F)(F)F. The molecule has 1 aromatic heterocycles. The Labute approximate surface area is 213 Å². The first-order chi connectivity index (χ1) is 17.2. The molecule has 0 aliphatic heterocycles. The molecule has 0 bridgehead atoms. The van der Waals surface area contributed by atoms with Gasteiger partial charge in [-0.3, -0.25) is 4.79 Å². The van der Waals surface area contributed by atoms with E-state index in [0.29, 0.717) is 11.8 Å². The van der Waals surface area contributed by atoms with Crippen molar-refractivity contribution in [2.24, 2.45) is 4.40 Å². The van der Waals surface area contributed by atoms with Crippen LogP contribution in [0.2, 0.25) is 5.02 Å². The van der Waals surface area contributed by atoms with Crippen LogP contribution in [0.1, 0.15) is 17.7 Å². The van der Waals surface area contributed by atoms with Crippen LogP contribution in [-0.2, 0) is 27.4 Å². The molecule has 37 heavy (non-hydrogen) atoms. The van der Waals surface area contributed by atoms with Gasteiger partial charge in [0.1, 0.15) is 16.8 Å². The van der Waals surface area contributed by atoms with Crippen molar-refractivity contribution in [3.63, 3.8) is 0 Å². The summed E-state index contributed by atoms with van der Waals surface area (Å²) >= 11 is 6.01. The van der Waals surface area contributed by atoms with Crippen LogP contribution >= 0.6 is 11.6 Å². The zero-order valence-corrected chi connectivity index (χ0v) is 20.7. The van der Waals surface area contributed by atoms with Gasteiger partial charge in [-0.2, -0.15) is 35.5 Å². The second-order valence-electron chi connectivity index (χ2n) is 7.83. The van der Waals surface area contributed by atoms with Gasteiger partial charge in [-0.05, 0) is 17.7 Å². The summed E-state index contributed by atoms with van der Waals surface area (Å²) in [7, 11) is -2.29.